The van der Waals surface area contributed by atoms with Crippen molar-refractivity contribution in [3.63, 3.8) is 0 Å². The maximum atomic E-state index is 9.52. The summed E-state index contributed by atoms with van der Waals surface area (Å²) in [5.74, 6) is 0.922. The van der Waals surface area contributed by atoms with Gasteiger partial charge in [-0.2, -0.15) is 0 Å². The molecule has 0 fully saturated rings. The van der Waals surface area contributed by atoms with Crippen molar-refractivity contribution in [2.24, 2.45) is 0 Å². The van der Waals surface area contributed by atoms with Gasteiger partial charge in [0.05, 0.1) is 11.8 Å². The molecular weight excluding hydrogens is 214 g/mol. The van der Waals surface area contributed by atoms with Gasteiger partial charge in [0.1, 0.15) is 12.4 Å². The fraction of sp³-hybridized carbons (Fsp3) is 0.286. The molecule has 2 heterocycles. The molecule has 0 amide bonds. The topological polar surface area (TPSA) is 34.4 Å². The number of aromatic nitrogens is 1. The van der Waals surface area contributed by atoms with Gasteiger partial charge < -0.3 is 14.4 Å². The zero-order valence-corrected chi connectivity index (χ0v) is 9.76. The Balaban J connectivity index is 2.12. The first-order valence-electron chi connectivity index (χ1n) is 5.84. The number of aliphatic hydroxyl groups is 1. The molecule has 1 N–H and O–H groups in total. The largest absolute Gasteiger partial charge is 0.488 e. The average Bonchev–Trinajstić information content (AvgIpc) is 2.72. The maximum absolute atomic E-state index is 9.52. The van der Waals surface area contributed by atoms with Crippen molar-refractivity contribution < 1.29 is 9.84 Å². The molecular formula is C14H15NO2. The molecule has 0 unspecified atom stereocenters. The van der Waals surface area contributed by atoms with Crippen molar-refractivity contribution in [2.45, 2.75) is 26.2 Å². The Bertz CT molecular complexity index is 543. The minimum absolute atomic E-state index is 0.346. The van der Waals surface area contributed by atoms with E-state index in [1.54, 1.807) is 6.92 Å². The third-order valence-electron chi connectivity index (χ3n) is 3.03. The number of ether oxygens (including phenoxy) is 1. The first-order valence-corrected chi connectivity index (χ1v) is 5.84. The van der Waals surface area contributed by atoms with Crippen LogP contribution in [0, 0.1) is 0 Å². The number of rotatable bonds is 2. The first kappa shape index (κ1) is 10.4. The molecule has 1 aliphatic rings. The van der Waals surface area contributed by atoms with E-state index in [0.717, 1.165) is 11.3 Å². The summed E-state index contributed by atoms with van der Waals surface area (Å²) < 4.78 is 7.79. The van der Waals surface area contributed by atoms with Gasteiger partial charge in [0.2, 0.25) is 0 Å². The van der Waals surface area contributed by atoms with Crippen LogP contribution in [-0.2, 0) is 13.2 Å². The molecule has 0 saturated carbocycles. The molecule has 0 aliphatic carbocycles. The van der Waals surface area contributed by atoms with E-state index >= 15 is 0 Å². The number of hydrogen-bond donors (Lipinski definition) is 1. The molecule has 17 heavy (non-hydrogen) atoms. The number of aliphatic hydroxyl groups excluding tert-OH is 1. The lowest BCUT2D eigenvalue weighted by molar-refractivity contribution is 0.174. The van der Waals surface area contributed by atoms with E-state index in [0.29, 0.717) is 13.2 Å². The normalized spacial score (nSPS) is 14.7. The fourth-order valence-electron chi connectivity index (χ4n) is 2.34. The summed E-state index contributed by atoms with van der Waals surface area (Å²) in [6, 6.07) is 10.1. The summed E-state index contributed by atoms with van der Waals surface area (Å²) in [4.78, 5) is 0. The number of nitrogens with zero attached hydrogens (tertiary/aromatic N) is 1. The molecule has 1 aromatic heterocycles. The first-order chi connectivity index (χ1) is 8.25. The summed E-state index contributed by atoms with van der Waals surface area (Å²) in [5.41, 5.74) is 3.47. The number of hydrogen-bond acceptors (Lipinski definition) is 2. The van der Waals surface area contributed by atoms with Gasteiger partial charge in [-0.1, -0.05) is 12.1 Å². The molecule has 1 aliphatic heterocycles. The van der Waals surface area contributed by atoms with Crippen LogP contribution in [0.2, 0.25) is 0 Å². The molecule has 3 nitrogen and oxygen atoms in total. The molecule has 3 rings (SSSR count). The number of fused-ring (bicyclic) bond motifs is 3. The van der Waals surface area contributed by atoms with E-state index in [-0.39, 0.29) is 6.10 Å². The predicted molar refractivity (Wildman–Crippen MR) is 65.9 cm³/mol. The van der Waals surface area contributed by atoms with Gasteiger partial charge >= 0.3 is 0 Å². The molecule has 0 saturated heterocycles. The molecule has 0 radical (unpaired) electrons. The Morgan fingerprint density at radius 1 is 1.35 bits per heavy atom. The average molecular weight is 229 g/mol. The molecule has 3 heteroatoms. The van der Waals surface area contributed by atoms with E-state index in [1.165, 1.54) is 11.3 Å². The van der Waals surface area contributed by atoms with Crippen LogP contribution in [0.25, 0.3) is 11.3 Å². The van der Waals surface area contributed by atoms with Crippen LogP contribution < -0.4 is 4.74 Å². The fourth-order valence-corrected chi connectivity index (χ4v) is 2.34. The van der Waals surface area contributed by atoms with Crippen LogP contribution in [0.4, 0.5) is 0 Å². The summed E-state index contributed by atoms with van der Waals surface area (Å²) in [6.07, 6.45) is 1.67. The summed E-state index contributed by atoms with van der Waals surface area (Å²) in [5, 5.41) is 9.52. The van der Waals surface area contributed by atoms with E-state index in [4.69, 9.17) is 4.74 Å². The van der Waals surface area contributed by atoms with Crippen molar-refractivity contribution in [1.82, 2.24) is 4.57 Å². The summed E-state index contributed by atoms with van der Waals surface area (Å²) >= 11 is 0. The zero-order valence-electron chi connectivity index (χ0n) is 9.76. The van der Waals surface area contributed by atoms with Crippen molar-refractivity contribution in [2.75, 3.05) is 0 Å². The number of para-hydroxylation sites is 1. The monoisotopic (exact) mass is 229 g/mol. The van der Waals surface area contributed by atoms with Gasteiger partial charge in [0.15, 0.2) is 0 Å². The van der Waals surface area contributed by atoms with Crippen molar-refractivity contribution in [1.29, 1.82) is 0 Å². The van der Waals surface area contributed by atoms with Crippen LogP contribution in [0.3, 0.4) is 0 Å². The highest BCUT2D eigenvalue weighted by Crippen LogP contribution is 2.37. The van der Waals surface area contributed by atoms with Crippen molar-refractivity contribution in [3.8, 4) is 17.0 Å². The summed E-state index contributed by atoms with van der Waals surface area (Å²) in [6.45, 7) is 3.03. The second-order valence-electron chi connectivity index (χ2n) is 4.48. The SMILES string of the molecule is C[C@H](O)Cn1ccc2c1-c1ccccc1OC2. The van der Waals surface area contributed by atoms with E-state index in [1.807, 2.05) is 24.4 Å². The quantitative estimate of drug-likeness (QED) is 0.858. The second-order valence-corrected chi connectivity index (χ2v) is 4.48. The predicted octanol–water partition coefficient (Wildman–Crippen LogP) is 2.43. The van der Waals surface area contributed by atoms with Gasteiger partial charge in [-0.15, -0.1) is 0 Å². The molecule has 0 bridgehead atoms. The van der Waals surface area contributed by atoms with Crippen LogP contribution in [-0.4, -0.2) is 15.8 Å². The lowest BCUT2D eigenvalue weighted by atomic mass is 10.0. The molecule has 88 valence electrons. The van der Waals surface area contributed by atoms with Crippen molar-refractivity contribution >= 4 is 0 Å². The molecule has 1 atom stereocenters. The summed E-state index contributed by atoms with van der Waals surface area (Å²) in [7, 11) is 0. The molecule has 0 spiro atoms. The highest BCUT2D eigenvalue weighted by atomic mass is 16.5. The van der Waals surface area contributed by atoms with Crippen LogP contribution in [0.1, 0.15) is 12.5 Å². The third kappa shape index (κ3) is 1.72. The zero-order chi connectivity index (χ0) is 11.8. The standard InChI is InChI=1S/C14H15NO2/c1-10(16)8-15-7-6-11-9-17-13-5-3-2-4-12(13)14(11)15/h2-7,10,16H,8-9H2,1H3/t10-/m0/s1. The lowest BCUT2D eigenvalue weighted by Crippen LogP contribution is -2.14. The molecule has 1 aromatic carbocycles. The van der Waals surface area contributed by atoms with Gasteiger partial charge in [-0.05, 0) is 25.1 Å². The second kappa shape index (κ2) is 3.93. The molecule has 2 aromatic rings. The smallest absolute Gasteiger partial charge is 0.129 e. The van der Waals surface area contributed by atoms with Crippen LogP contribution in [0.5, 0.6) is 5.75 Å². The van der Waals surface area contributed by atoms with Crippen molar-refractivity contribution in [3.05, 3.63) is 42.1 Å². The van der Waals surface area contributed by atoms with Crippen LogP contribution in [0.15, 0.2) is 36.5 Å². The Labute approximate surface area is 100 Å². The Morgan fingerprint density at radius 3 is 3.00 bits per heavy atom. The Hall–Kier alpha value is -1.74. The van der Waals surface area contributed by atoms with Gasteiger partial charge in [-0.25, -0.2) is 0 Å². The minimum Gasteiger partial charge on any atom is -0.488 e. The van der Waals surface area contributed by atoms with E-state index in [9.17, 15) is 5.11 Å². The van der Waals surface area contributed by atoms with E-state index < -0.39 is 0 Å². The highest BCUT2D eigenvalue weighted by Gasteiger charge is 2.20. The third-order valence-corrected chi connectivity index (χ3v) is 3.03. The van der Waals surface area contributed by atoms with Gasteiger partial charge in [0.25, 0.3) is 0 Å². The van der Waals surface area contributed by atoms with Crippen LogP contribution >= 0.6 is 0 Å². The minimum atomic E-state index is -0.346. The maximum Gasteiger partial charge on any atom is 0.129 e. The Morgan fingerprint density at radius 2 is 2.18 bits per heavy atom. The van der Waals surface area contributed by atoms with Gasteiger partial charge in [-0.3, -0.25) is 0 Å². The van der Waals surface area contributed by atoms with Gasteiger partial charge in [0, 0.05) is 23.9 Å². The Kier molecular flexibility index (Phi) is 2.41. The van der Waals surface area contributed by atoms with E-state index in [2.05, 4.69) is 16.7 Å². The lowest BCUT2D eigenvalue weighted by Gasteiger charge is -2.20. The number of benzene rings is 1. The highest BCUT2D eigenvalue weighted by molar-refractivity contribution is 5.72.